The average molecular weight is 384 g/mol. The molecule has 8 nitrogen and oxygen atoms in total. The molecule has 150 valence electrons. The van der Waals surface area contributed by atoms with Crippen molar-refractivity contribution in [1.29, 1.82) is 0 Å². The highest BCUT2D eigenvalue weighted by atomic mass is 16.4. The van der Waals surface area contributed by atoms with E-state index in [1.165, 1.54) is 12.1 Å². The van der Waals surface area contributed by atoms with Gasteiger partial charge in [-0.3, -0.25) is 0 Å². The lowest BCUT2D eigenvalue weighted by Gasteiger charge is -2.27. The fourth-order valence-electron chi connectivity index (χ4n) is 2.95. The summed E-state index contributed by atoms with van der Waals surface area (Å²) in [6, 6.07) is 10.7. The Hall–Kier alpha value is -3.10. The Bertz CT molecular complexity index is 743. The van der Waals surface area contributed by atoms with E-state index in [1.54, 1.807) is 36.4 Å². The van der Waals surface area contributed by atoms with E-state index in [-0.39, 0.29) is 37.4 Å². The lowest BCUT2D eigenvalue weighted by atomic mass is 10.0. The van der Waals surface area contributed by atoms with Gasteiger partial charge in [0, 0.05) is 50.0 Å². The van der Waals surface area contributed by atoms with Crippen LogP contribution in [0.1, 0.15) is 36.1 Å². The first-order chi connectivity index (χ1) is 13.4. The Morgan fingerprint density at radius 3 is 1.39 bits per heavy atom. The van der Waals surface area contributed by atoms with Crippen LogP contribution in [0.2, 0.25) is 0 Å². The van der Waals surface area contributed by atoms with Crippen molar-refractivity contribution < 1.29 is 30.0 Å². The van der Waals surface area contributed by atoms with Crippen molar-refractivity contribution in [2.24, 2.45) is 0 Å². The molecule has 2 N–H and O–H groups in total. The van der Waals surface area contributed by atoms with E-state index in [0.717, 1.165) is 0 Å². The number of nitrogens with one attached hydrogen (secondary N) is 2. The molecule has 0 aliphatic rings. The van der Waals surface area contributed by atoms with Crippen LogP contribution in [0.25, 0.3) is 0 Å². The van der Waals surface area contributed by atoms with E-state index in [4.69, 9.17) is 0 Å². The number of carbonyl (C=O) groups is 2. The number of aliphatic carboxylic acids is 2. The Labute approximate surface area is 162 Å². The normalized spacial score (nSPS) is 13.0. The zero-order chi connectivity index (χ0) is 20.5. The quantitative estimate of drug-likeness (QED) is 0.425. The average Bonchev–Trinajstić information content (AvgIpc) is 2.63. The Morgan fingerprint density at radius 2 is 1.07 bits per heavy atom. The predicted molar refractivity (Wildman–Crippen MR) is 92.5 cm³/mol. The van der Waals surface area contributed by atoms with Crippen molar-refractivity contribution in [1.82, 2.24) is 10.6 Å². The molecule has 0 spiro atoms. The molecule has 28 heavy (non-hydrogen) atoms. The van der Waals surface area contributed by atoms with Gasteiger partial charge < -0.3 is 40.6 Å². The summed E-state index contributed by atoms with van der Waals surface area (Å²) in [7, 11) is 0. The smallest absolute Gasteiger partial charge is 0.0433 e. The summed E-state index contributed by atoms with van der Waals surface area (Å²) in [6.45, 7) is 0.466. The molecule has 0 saturated heterocycles. The second kappa shape index (κ2) is 10.3. The second-order valence-electron chi connectivity index (χ2n) is 6.24. The number of carboxylic acids is 2. The molecular formula is C20H20N2O6-4. The molecule has 0 heterocycles. The fourth-order valence-corrected chi connectivity index (χ4v) is 2.95. The lowest BCUT2D eigenvalue weighted by molar-refractivity contribution is -0.308. The molecule has 0 radical (unpaired) electrons. The highest BCUT2D eigenvalue weighted by Crippen LogP contribution is 2.25. The minimum atomic E-state index is -1.30. The molecule has 0 fully saturated rings. The predicted octanol–water partition coefficient (Wildman–Crippen LogP) is -1.92. The van der Waals surface area contributed by atoms with Crippen LogP contribution in [0.3, 0.4) is 0 Å². The van der Waals surface area contributed by atoms with Crippen LogP contribution in [0.5, 0.6) is 11.5 Å². The van der Waals surface area contributed by atoms with Crippen molar-refractivity contribution in [3.8, 4) is 11.5 Å². The van der Waals surface area contributed by atoms with Crippen LogP contribution >= 0.6 is 0 Å². The summed E-state index contributed by atoms with van der Waals surface area (Å²) >= 11 is 0. The highest BCUT2D eigenvalue weighted by Gasteiger charge is 2.14. The van der Waals surface area contributed by atoms with Crippen LogP contribution in [-0.2, 0) is 9.59 Å². The molecule has 0 amide bonds. The molecular weight excluding hydrogens is 364 g/mol. The molecule has 2 aromatic carbocycles. The standard InChI is InChI=1S/C20H24N2O6/c23-17-7-3-1-5-13(17)15(11-19(25)26)21-9-10-22-16(12-20(27)28)14-6-2-4-8-18(14)24/h1-8,15-16,21-24H,9-12H2,(H,25,26)(H,27,28)/p-4. The molecule has 0 saturated carbocycles. The minimum Gasteiger partial charge on any atom is -0.872 e. The molecule has 2 atom stereocenters. The largest absolute Gasteiger partial charge is 0.872 e. The summed E-state index contributed by atoms with van der Waals surface area (Å²) in [4.78, 5) is 22.0. The Kier molecular flexibility index (Phi) is 7.79. The summed E-state index contributed by atoms with van der Waals surface area (Å²) in [6.07, 6.45) is -0.768. The fraction of sp³-hybridized carbons (Fsp3) is 0.300. The first-order valence-corrected chi connectivity index (χ1v) is 8.76. The molecule has 2 unspecified atom stereocenters. The maximum Gasteiger partial charge on any atom is 0.0433 e. The van der Waals surface area contributed by atoms with Crippen LogP contribution in [0.4, 0.5) is 0 Å². The molecule has 8 heteroatoms. The van der Waals surface area contributed by atoms with Gasteiger partial charge in [0.05, 0.1) is 0 Å². The first kappa shape index (κ1) is 21.2. The number of carbonyl (C=O) groups excluding carboxylic acids is 2. The van der Waals surface area contributed by atoms with Crippen molar-refractivity contribution in [3.05, 3.63) is 59.7 Å². The lowest BCUT2D eigenvalue weighted by Crippen LogP contribution is -2.37. The molecule has 0 aliphatic heterocycles. The number of rotatable bonds is 11. The second-order valence-corrected chi connectivity index (χ2v) is 6.24. The van der Waals surface area contributed by atoms with Gasteiger partial charge in [0.1, 0.15) is 0 Å². The summed E-state index contributed by atoms with van der Waals surface area (Å²) in [5, 5.41) is 51.8. The zero-order valence-electron chi connectivity index (χ0n) is 15.1. The van der Waals surface area contributed by atoms with Gasteiger partial charge >= 0.3 is 0 Å². The highest BCUT2D eigenvalue weighted by molar-refractivity contribution is 5.66. The molecule has 2 aromatic rings. The third kappa shape index (κ3) is 6.26. The van der Waals surface area contributed by atoms with Gasteiger partial charge in [-0.1, -0.05) is 48.5 Å². The van der Waals surface area contributed by atoms with Crippen molar-refractivity contribution in [2.75, 3.05) is 13.1 Å². The summed E-state index contributed by atoms with van der Waals surface area (Å²) in [5.74, 6) is -3.18. The van der Waals surface area contributed by atoms with Gasteiger partial charge in [-0.15, -0.1) is 11.5 Å². The van der Waals surface area contributed by atoms with Gasteiger partial charge in [-0.2, -0.15) is 0 Å². The zero-order valence-corrected chi connectivity index (χ0v) is 15.1. The number of hydrogen-bond donors (Lipinski definition) is 2. The summed E-state index contributed by atoms with van der Waals surface area (Å²) in [5.41, 5.74) is 0.616. The van der Waals surface area contributed by atoms with Crippen molar-refractivity contribution in [2.45, 2.75) is 24.9 Å². The van der Waals surface area contributed by atoms with Gasteiger partial charge in [0.2, 0.25) is 0 Å². The van der Waals surface area contributed by atoms with Gasteiger partial charge in [0.25, 0.3) is 0 Å². The van der Waals surface area contributed by atoms with E-state index in [2.05, 4.69) is 10.6 Å². The molecule has 0 aromatic heterocycles. The topological polar surface area (TPSA) is 150 Å². The maximum absolute atomic E-state index is 12.0. The van der Waals surface area contributed by atoms with Crippen LogP contribution in [0, 0.1) is 0 Å². The van der Waals surface area contributed by atoms with Crippen LogP contribution < -0.4 is 31.1 Å². The molecule has 0 bridgehead atoms. The molecule has 2 rings (SSSR count). The van der Waals surface area contributed by atoms with E-state index in [9.17, 15) is 30.0 Å². The summed E-state index contributed by atoms with van der Waals surface area (Å²) < 4.78 is 0. The SMILES string of the molecule is O=C([O-])CC(NCCNC(CC(=O)[O-])c1ccccc1[O-])c1ccccc1[O-]. The monoisotopic (exact) mass is 384 g/mol. The number of hydrogen-bond acceptors (Lipinski definition) is 8. The van der Waals surface area contributed by atoms with E-state index >= 15 is 0 Å². The minimum absolute atomic E-state index is 0.233. The van der Waals surface area contributed by atoms with E-state index in [0.29, 0.717) is 11.1 Å². The third-order valence-corrected chi connectivity index (χ3v) is 4.24. The van der Waals surface area contributed by atoms with E-state index in [1.807, 2.05) is 0 Å². The van der Waals surface area contributed by atoms with E-state index < -0.39 is 24.0 Å². The van der Waals surface area contributed by atoms with Crippen molar-refractivity contribution >= 4 is 11.9 Å². The Morgan fingerprint density at radius 1 is 0.714 bits per heavy atom. The number of para-hydroxylation sites is 2. The van der Waals surface area contributed by atoms with Gasteiger partial charge in [0.15, 0.2) is 0 Å². The van der Waals surface area contributed by atoms with Gasteiger partial charge in [-0.25, -0.2) is 0 Å². The van der Waals surface area contributed by atoms with Gasteiger partial charge in [-0.05, 0) is 11.1 Å². The third-order valence-electron chi connectivity index (χ3n) is 4.24. The van der Waals surface area contributed by atoms with Crippen molar-refractivity contribution in [3.63, 3.8) is 0 Å². The van der Waals surface area contributed by atoms with Crippen LogP contribution in [0.15, 0.2) is 48.5 Å². The first-order valence-electron chi connectivity index (χ1n) is 8.76. The maximum atomic E-state index is 12.0. The number of carboxylic acid groups (broad SMARTS) is 2. The molecule has 0 aliphatic carbocycles. The van der Waals surface area contributed by atoms with Crippen LogP contribution in [-0.4, -0.2) is 25.0 Å². The Balaban J connectivity index is 2.00. The number of benzene rings is 2.